The molecule has 1 aliphatic carbocycles. The van der Waals surface area contributed by atoms with Gasteiger partial charge in [-0.05, 0) is 52.2 Å². The fourth-order valence-corrected chi connectivity index (χ4v) is 3.71. The van der Waals surface area contributed by atoms with Gasteiger partial charge in [-0.1, -0.05) is 12.1 Å². The topological polar surface area (TPSA) is 92.7 Å². The Kier molecular flexibility index (Phi) is 4.09. The number of fused-ring (bicyclic) bond motifs is 2. The van der Waals surface area contributed by atoms with Crippen molar-refractivity contribution in [3.8, 4) is 0 Å². The van der Waals surface area contributed by atoms with Gasteiger partial charge in [-0.15, -0.1) is 0 Å². The Morgan fingerprint density at radius 1 is 1.30 bits per heavy atom. The number of carbonyl (C=O) groups is 1. The fourth-order valence-electron chi connectivity index (χ4n) is 3.71. The minimum absolute atomic E-state index is 0.0361. The number of hydrogen-bond donors (Lipinski definition) is 2. The molecule has 0 bridgehead atoms. The zero-order chi connectivity index (χ0) is 19.2. The standard InChI is InChI=1S/C20H23N5O2/c1-20(2,3)25-16-10-6-9-15(13(16)11-21-25)23-19(27)17-22-14-8-5-4-7-12(14)18(26)24-17/h4-5,7-8,11,15H,6,9-10H2,1-3H3,(H,23,27)(H,22,24,26)/t15-/m0/s1. The highest BCUT2D eigenvalue weighted by atomic mass is 16.2. The number of benzene rings is 1. The number of hydrogen-bond acceptors (Lipinski definition) is 4. The van der Waals surface area contributed by atoms with Gasteiger partial charge in [0.05, 0.1) is 28.7 Å². The Morgan fingerprint density at radius 2 is 2.07 bits per heavy atom. The summed E-state index contributed by atoms with van der Waals surface area (Å²) < 4.78 is 2.04. The lowest BCUT2D eigenvalue weighted by molar-refractivity contribution is 0.0922. The van der Waals surface area contributed by atoms with E-state index in [4.69, 9.17) is 0 Å². The summed E-state index contributed by atoms with van der Waals surface area (Å²) in [5, 5.41) is 8.04. The van der Waals surface area contributed by atoms with Gasteiger partial charge < -0.3 is 10.3 Å². The zero-order valence-corrected chi connectivity index (χ0v) is 15.7. The molecule has 1 atom stereocenters. The first-order valence-electron chi connectivity index (χ1n) is 9.22. The van der Waals surface area contributed by atoms with Crippen LogP contribution in [0.5, 0.6) is 0 Å². The molecule has 2 heterocycles. The molecule has 4 rings (SSSR count). The number of aromatic nitrogens is 4. The van der Waals surface area contributed by atoms with Crippen molar-refractivity contribution in [2.24, 2.45) is 0 Å². The number of rotatable bonds is 2. The molecule has 3 aromatic rings. The molecular formula is C20H23N5O2. The highest BCUT2D eigenvalue weighted by Crippen LogP contribution is 2.32. The Bertz CT molecular complexity index is 1070. The average Bonchev–Trinajstić information content (AvgIpc) is 3.07. The summed E-state index contributed by atoms with van der Waals surface area (Å²) in [5.41, 5.74) is 2.31. The molecule has 27 heavy (non-hydrogen) atoms. The molecule has 7 heteroatoms. The molecule has 0 unspecified atom stereocenters. The number of aromatic amines is 1. The zero-order valence-electron chi connectivity index (χ0n) is 15.7. The molecule has 0 spiro atoms. The second kappa shape index (κ2) is 6.33. The third kappa shape index (κ3) is 3.13. The van der Waals surface area contributed by atoms with Crippen molar-refractivity contribution in [2.75, 3.05) is 0 Å². The van der Waals surface area contributed by atoms with Gasteiger partial charge in [0.1, 0.15) is 0 Å². The van der Waals surface area contributed by atoms with E-state index in [1.165, 1.54) is 5.69 Å². The van der Waals surface area contributed by atoms with Gasteiger partial charge in [0.15, 0.2) is 5.82 Å². The number of carbonyl (C=O) groups excluding carboxylic acids is 1. The molecule has 0 aliphatic heterocycles. The second-order valence-corrected chi connectivity index (χ2v) is 7.98. The van der Waals surface area contributed by atoms with E-state index in [2.05, 4.69) is 41.2 Å². The van der Waals surface area contributed by atoms with Gasteiger partial charge >= 0.3 is 0 Å². The van der Waals surface area contributed by atoms with Crippen LogP contribution in [-0.2, 0) is 12.0 Å². The Morgan fingerprint density at radius 3 is 2.85 bits per heavy atom. The van der Waals surface area contributed by atoms with Crippen molar-refractivity contribution >= 4 is 16.8 Å². The number of nitrogens with zero attached hydrogens (tertiary/aromatic N) is 3. The van der Waals surface area contributed by atoms with Crippen LogP contribution in [0, 0.1) is 0 Å². The molecule has 2 N–H and O–H groups in total. The van der Waals surface area contributed by atoms with Crippen molar-refractivity contribution in [1.29, 1.82) is 0 Å². The molecule has 1 amide bonds. The van der Waals surface area contributed by atoms with Crippen molar-refractivity contribution in [1.82, 2.24) is 25.1 Å². The maximum Gasteiger partial charge on any atom is 0.287 e. The van der Waals surface area contributed by atoms with Crippen LogP contribution in [0.4, 0.5) is 0 Å². The molecule has 7 nitrogen and oxygen atoms in total. The van der Waals surface area contributed by atoms with Gasteiger partial charge in [-0.2, -0.15) is 5.10 Å². The minimum atomic E-state index is -0.376. The van der Waals surface area contributed by atoms with Crippen LogP contribution in [0.25, 0.3) is 10.9 Å². The smallest absolute Gasteiger partial charge is 0.287 e. The van der Waals surface area contributed by atoms with E-state index < -0.39 is 0 Å². The second-order valence-electron chi connectivity index (χ2n) is 7.98. The summed E-state index contributed by atoms with van der Waals surface area (Å²) in [6.45, 7) is 6.35. The van der Waals surface area contributed by atoms with Crippen LogP contribution < -0.4 is 10.9 Å². The normalized spacial score (nSPS) is 16.9. The predicted molar refractivity (Wildman–Crippen MR) is 103 cm³/mol. The van der Waals surface area contributed by atoms with Gasteiger partial charge in [0.25, 0.3) is 11.5 Å². The molecule has 0 saturated carbocycles. The van der Waals surface area contributed by atoms with Gasteiger partial charge in [-0.25, -0.2) is 4.98 Å². The highest BCUT2D eigenvalue weighted by molar-refractivity contribution is 5.92. The van der Waals surface area contributed by atoms with Crippen LogP contribution in [0.15, 0.2) is 35.3 Å². The van der Waals surface area contributed by atoms with E-state index in [0.29, 0.717) is 10.9 Å². The number of H-pyrrole nitrogens is 1. The Hall–Kier alpha value is -2.96. The minimum Gasteiger partial charge on any atom is -0.342 e. The van der Waals surface area contributed by atoms with Crippen LogP contribution >= 0.6 is 0 Å². The Balaban J connectivity index is 1.64. The van der Waals surface area contributed by atoms with Gasteiger partial charge in [-0.3, -0.25) is 14.3 Å². The maximum atomic E-state index is 12.8. The van der Waals surface area contributed by atoms with Crippen molar-refractivity contribution < 1.29 is 4.79 Å². The third-order valence-corrected chi connectivity index (χ3v) is 4.95. The van der Waals surface area contributed by atoms with E-state index >= 15 is 0 Å². The van der Waals surface area contributed by atoms with Crippen molar-refractivity contribution in [3.05, 3.63) is 57.9 Å². The number of nitrogens with one attached hydrogen (secondary N) is 2. The lowest BCUT2D eigenvalue weighted by Gasteiger charge is -2.28. The van der Waals surface area contributed by atoms with Crippen molar-refractivity contribution in [3.63, 3.8) is 0 Å². The fraction of sp³-hybridized carbons (Fsp3) is 0.400. The van der Waals surface area contributed by atoms with Crippen LogP contribution in [0.1, 0.15) is 61.5 Å². The highest BCUT2D eigenvalue weighted by Gasteiger charge is 2.29. The SMILES string of the molecule is CC(C)(C)n1ncc2c1CCC[C@@H]2NC(=O)c1nc2ccccc2c(=O)[nH]1. The number of amides is 1. The molecule has 140 valence electrons. The molecule has 0 radical (unpaired) electrons. The van der Waals surface area contributed by atoms with Crippen LogP contribution in [-0.4, -0.2) is 25.7 Å². The summed E-state index contributed by atoms with van der Waals surface area (Å²) >= 11 is 0. The van der Waals surface area contributed by atoms with E-state index in [1.807, 2.05) is 10.9 Å². The quantitative estimate of drug-likeness (QED) is 0.730. The van der Waals surface area contributed by atoms with Crippen LogP contribution in [0.2, 0.25) is 0 Å². The van der Waals surface area contributed by atoms with E-state index in [9.17, 15) is 9.59 Å². The van der Waals surface area contributed by atoms with Gasteiger partial charge in [0.2, 0.25) is 0 Å². The van der Waals surface area contributed by atoms with Gasteiger partial charge in [0, 0.05) is 11.3 Å². The summed E-state index contributed by atoms with van der Waals surface area (Å²) in [7, 11) is 0. The van der Waals surface area contributed by atoms with E-state index in [1.54, 1.807) is 24.3 Å². The van der Waals surface area contributed by atoms with E-state index in [0.717, 1.165) is 24.8 Å². The number of para-hydroxylation sites is 1. The summed E-state index contributed by atoms with van der Waals surface area (Å²) in [6, 6.07) is 6.86. The summed E-state index contributed by atoms with van der Waals surface area (Å²) in [5.74, 6) is -0.340. The predicted octanol–water partition coefficient (Wildman–Crippen LogP) is 2.68. The molecule has 1 aromatic carbocycles. The molecular weight excluding hydrogens is 342 g/mol. The molecule has 0 fully saturated rings. The van der Waals surface area contributed by atoms with Crippen molar-refractivity contribution in [2.45, 2.75) is 51.6 Å². The van der Waals surface area contributed by atoms with E-state index in [-0.39, 0.29) is 28.9 Å². The molecule has 1 aliphatic rings. The average molecular weight is 365 g/mol. The third-order valence-electron chi connectivity index (χ3n) is 4.95. The summed E-state index contributed by atoms with van der Waals surface area (Å²) in [4.78, 5) is 31.9. The summed E-state index contributed by atoms with van der Waals surface area (Å²) in [6.07, 6.45) is 4.61. The monoisotopic (exact) mass is 365 g/mol. The molecule has 0 saturated heterocycles. The maximum absolute atomic E-state index is 12.8. The first kappa shape index (κ1) is 17.5. The van der Waals surface area contributed by atoms with Crippen LogP contribution in [0.3, 0.4) is 0 Å². The lowest BCUT2D eigenvalue weighted by atomic mass is 9.92. The first-order chi connectivity index (χ1) is 12.8. The largest absolute Gasteiger partial charge is 0.342 e. The lowest BCUT2D eigenvalue weighted by Crippen LogP contribution is -2.34. The Labute approximate surface area is 156 Å². The first-order valence-corrected chi connectivity index (χ1v) is 9.22. The molecule has 2 aromatic heterocycles.